The van der Waals surface area contributed by atoms with Crippen molar-refractivity contribution >= 4 is 130 Å². The fraction of sp³-hybridized carbons (Fsp3) is 0.0667. The number of nitro groups is 3. The Morgan fingerprint density at radius 3 is 1.17 bits per heavy atom. The van der Waals surface area contributed by atoms with E-state index in [1.54, 1.807) is 105 Å². The van der Waals surface area contributed by atoms with E-state index in [1.807, 2.05) is 6.07 Å². The SMILES string of the molecule is Cc1ccc(S(=O)(=O)Cc2cc(-c3c4nc(c(-c5cccc(Cl)c5)c5ccc([nH]5)c(-c5ccc([N+](=O)[O-])c(Cl)c5)c5nc(c(-c6cc(Cl)c([N+](=O)[O-])c(CS(=O)(=O)c7ccc(C)cc7)c6)c6ccc3[nH]6)C=C5)C=C4)cc(Cl)c2[N+](=O)[O-])cc1. The maximum absolute atomic E-state index is 14.1. The zero-order valence-corrected chi connectivity index (χ0v) is 47.8. The van der Waals surface area contributed by atoms with E-state index in [2.05, 4.69) is 9.97 Å². The van der Waals surface area contributed by atoms with Crippen molar-refractivity contribution in [2.45, 2.75) is 35.1 Å². The molecule has 0 radical (unpaired) electrons. The number of sulfone groups is 2. The number of halogens is 4. The number of aromatic nitrogens is 4. The van der Waals surface area contributed by atoms with Crippen LogP contribution in [-0.4, -0.2) is 51.5 Å². The number of fused-ring (bicyclic) bond motifs is 8. The maximum atomic E-state index is 14.1. The number of benzene rings is 6. The molecule has 0 unspecified atom stereocenters. The Morgan fingerprint density at radius 2 is 0.807 bits per heavy atom. The molecule has 2 N–H and O–H groups in total. The van der Waals surface area contributed by atoms with Crippen molar-refractivity contribution in [2.24, 2.45) is 0 Å². The van der Waals surface area contributed by atoms with E-state index < -0.39 is 62.3 Å². The summed E-state index contributed by atoms with van der Waals surface area (Å²) in [6, 6.07) is 35.7. The number of rotatable bonds is 13. The van der Waals surface area contributed by atoms with Crippen LogP contribution in [-0.2, 0) is 31.2 Å². The minimum atomic E-state index is -4.24. The zero-order valence-electron chi connectivity index (χ0n) is 43.1. The van der Waals surface area contributed by atoms with Gasteiger partial charge in [-0.15, -0.1) is 0 Å². The van der Waals surface area contributed by atoms with Gasteiger partial charge in [0.15, 0.2) is 19.7 Å². The normalized spacial score (nSPS) is 12.2. The molecule has 83 heavy (non-hydrogen) atoms. The topological polar surface area (TPSA) is 255 Å². The molecule has 0 aliphatic carbocycles. The highest BCUT2D eigenvalue weighted by molar-refractivity contribution is 7.91. The van der Waals surface area contributed by atoms with Crippen LogP contribution in [0.5, 0.6) is 0 Å². The van der Waals surface area contributed by atoms with Crippen LogP contribution in [0.3, 0.4) is 0 Å². The van der Waals surface area contributed by atoms with Crippen molar-refractivity contribution in [3.8, 4) is 44.5 Å². The summed E-state index contributed by atoms with van der Waals surface area (Å²) in [6.45, 7) is 3.58. The van der Waals surface area contributed by atoms with Gasteiger partial charge in [0.2, 0.25) is 0 Å². The molecule has 11 rings (SSSR count). The number of H-pyrrole nitrogens is 2. The summed E-state index contributed by atoms with van der Waals surface area (Å²) >= 11 is 27.0. The fourth-order valence-corrected chi connectivity index (χ4v) is 13.9. The van der Waals surface area contributed by atoms with Gasteiger partial charge in [0.25, 0.3) is 17.1 Å². The molecule has 0 fully saturated rings. The quantitative estimate of drug-likeness (QED) is 0.0807. The minimum Gasteiger partial charge on any atom is -0.354 e. The predicted molar refractivity (Wildman–Crippen MR) is 325 cm³/mol. The number of nitro benzene ring substituents is 3. The fourth-order valence-electron chi connectivity index (χ4n) is 10.2. The summed E-state index contributed by atoms with van der Waals surface area (Å²) in [5.41, 5.74) is 5.19. The summed E-state index contributed by atoms with van der Waals surface area (Å²) < 4.78 is 56.5. The van der Waals surface area contributed by atoms with Gasteiger partial charge in [-0.1, -0.05) is 93.9 Å². The van der Waals surface area contributed by atoms with E-state index in [0.29, 0.717) is 55.2 Å². The van der Waals surface area contributed by atoms with E-state index in [-0.39, 0.29) is 75.8 Å². The molecule has 414 valence electrons. The molecule has 6 aromatic carbocycles. The van der Waals surface area contributed by atoms with E-state index in [0.717, 1.165) is 11.1 Å². The molecule has 0 saturated heterocycles. The Balaban J connectivity index is 1.27. The summed E-state index contributed by atoms with van der Waals surface area (Å²) in [5.74, 6) is -1.65. The van der Waals surface area contributed by atoms with Gasteiger partial charge in [0, 0.05) is 66.5 Å². The Hall–Kier alpha value is -8.82. The molecule has 5 heterocycles. The van der Waals surface area contributed by atoms with Gasteiger partial charge in [-0.3, -0.25) is 30.3 Å². The molecule has 23 heteroatoms. The summed E-state index contributed by atoms with van der Waals surface area (Å²) in [6.07, 6.45) is 6.80. The molecule has 0 saturated carbocycles. The number of aryl methyl sites for hydroxylation is 2. The van der Waals surface area contributed by atoms with Gasteiger partial charge < -0.3 is 9.97 Å². The van der Waals surface area contributed by atoms with Crippen LogP contribution < -0.4 is 0 Å². The first kappa shape index (κ1) is 56.1. The highest BCUT2D eigenvalue weighted by Crippen LogP contribution is 2.44. The van der Waals surface area contributed by atoms with Gasteiger partial charge in [-0.05, 0) is 157 Å². The Morgan fingerprint density at radius 1 is 0.434 bits per heavy atom. The molecule has 8 bridgehead atoms. The second-order valence-corrected chi connectivity index (χ2v) is 25.2. The van der Waals surface area contributed by atoms with Crippen molar-refractivity contribution < 1.29 is 31.6 Å². The van der Waals surface area contributed by atoms with Gasteiger partial charge >= 0.3 is 0 Å². The lowest BCUT2D eigenvalue weighted by molar-refractivity contribution is -0.385. The second kappa shape index (κ2) is 21.8. The smallest absolute Gasteiger partial charge is 0.292 e. The third-order valence-corrected chi connectivity index (χ3v) is 18.5. The maximum Gasteiger partial charge on any atom is 0.292 e. The van der Waals surface area contributed by atoms with Crippen molar-refractivity contribution in [3.63, 3.8) is 0 Å². The Bertz CT molecular complexity index is 4780. The first-order valence-electron chi connectivity index (χ1n) is 24.9. The molecule has 17 nitrogen and oxygen atoms in total. The number of hydrogen-bond acceptors (Lipinski definition) is 12. The van der Waals surface area contributed by atoms with Crippen LogP contribution >= 0.6 is 46.4 Å². The Kier molecular flexibility index (Phi) is 14.7. The molecular formula is C60H39Cl4N7O10S2. The lowest BCUT2D eigenvalue weighted by atomic mass is 10.0. The highest BCUT2D eigenvalue weighted by atomic mass is 35.5. The summed E-state index contributed by atoms with van der Waals surface area (Å²) in [4.78, 5) is 52.8. The van der Waals surface area contributed by atoms with Crippen LogP contribution in [0.4, 0.5) is 17.1 Å². The van der Waals surface area contributed by atoms with Gasteiger partial charge in [0.05, 0.1) is 58.8 Å². The van der Waals surface area contributed by atoms with Gasteiger partial charge in [-0.25, -0.2) is 26.8 Å². The molecule has 0 atom stereocenters. The van der Waals surface area contributed by atoms with Crippen molar-refractivity contribution in [2.75, 3.05) is 0 Å². The number of hydrogen-bond donors (Lipinski definition) is 2. The second-order valence-electron chi connectivity index (χ2n) is 19.5. The molecule has 0 amide bonds. The average Bonchev–Trinajstić information content (AvgIpc) is 4.14. The highest BCUT2D eigenvalue weighted by Gasteiger charge is 2.30. The third-order valence-electron chi connectivity index (χ3n) is 14.0. The largest absolute Gasteiger partial charge is 0.354 e. The molecule has 2 aliphatic heterocycles. The predicted octanol–water partition coefficient (Wildman–Crippen LogP) is 16.2. The van der Waals surface area contributed by atoms with E-state index in [4.69, 9.17) is 56.4 Å². The monoisotopic (exact) mass is 1220 g/mol. The Labute approximate surface area is 492 Å². The van der Waals surface area contributed by atoms with Crippen LogP contribution in [0, 0.1) is 44.2 Å². The number of aromatic amines is 2. The average molecular weight is 1220 g/mol. The van der Waals surface area contributed by atoms with Gasteiger partial charge in [-0.2, -0.15) is 0 Å². The van der Waals surface area contributed by atoms with E-state index in [9.17, 15) is 47.2 Å². The number of nitrogens with one attached hydrogen (secondary N) is 2. The van der Waals surface area contributed by atoms with Crippen LogP contribution in [0.2, 0.25) is 20.1 Å². The van der Waals surface area contributed by atoms with E-state index in [1.165, 1.54) is 66.7 Å². The van der Waals surface area contributed by atoms with Gasteiger partial charge in [0.1, 0.15) is 15.1 Å². The number of nitrogens with zero attached hydrogens (tertiary/aromatic N) is 5. The first-order chi connectivity index (χ1) is 39.5. The first-order valence-corrected chi connectivity index (χ1v) is 29.7. The molecule has 9 aromatic rings. The molecule has 2 aliphatic rings. The molecule has 0 spiro atoms. The lowest BCUT2D eigenvalue weighted by Gasteiger charge is -2.12. The molecule has 3 aromatic heterocycles. The summed E-state index contributed by atoms with van der Waals surface area (Å²) in [5, 5.41) is 37.1. The molecular weight excluding hydrogens is 1180 g/mol. The minimum absolute atomic E-state index is 0.0694. The third kappa shape index (κ3) is 10.9. The van der Waals surface area contributed by atoms with Crippen molar-refractivity contribution in [1.29, 1.82) is 0 Å². The van der Waals surface area contributed by atoms with E-state index >= 15 is 0 Å². The zero-order chi connectivity index (χ0) is 58.8. The summed E-state index contributed by atoms with van der Waals surface area (Å²) in [7, 11) is -8.47. The standard InChI is InChI=1S/C60H39Cl4N7O10S2/c1-32-6-11-41(12-7-32)82(78,79)30-38-24-36(28-44(63)59(38)70(74)75)57-50-19-17-47(66-50)55(34-4-3-5-40(61)26-34)46-15-16-48(65-46)56(35-10-23-54(69(72)73)43(62)27-35)49-18-20-51(67-49)58(53-22-21-52(57)68-53)37-25-39(60(71(76)77)45(64)29-37)31-83(80,81)42-13-8-33(2)9-14-42/h3-29,65,68H,30-31H2,1-2H3. The van der Waals surface area contributed by atoms with Crippen molar-refractivity contribution in [1.82, 2.24) is 19.9 Å². The van der Waals surface area contributed by atoms with Crippen LogP contribution in [0.25, 0.3) is 90.9 Å². The van der Waals surface area contributed by atoms with Crippen molar-refractivity contribution in [3.05, 3.63) is 235 Å². The van der Waals surface area contributed by atoms with Crippen LogP contribution in [0.1, 0.15) is 45.0 Å². The van der Waals surface area contributed by atoms with Crippen LogP contribution in [0.15, 0.2) is 149 Å². The lowest BCUT2D eigenvalue weighted by Crippen LogP contribution is -2.08.